The standard InChI is InChI=1S/C13H15N3O4/c14-9(7-11(17)18)8-3-1-2-4-10(8)16-6-5-15-12(19)13(16)20/h1-4,9H,5-7,14H2,(H,15,19)(H,17,18). The number of anilines is 1. The van der Waals surface area contributed by atoms with Crippen LogP contribution in [0.1, 0.15) is 18.0 Å². The summed E-state index contributed by atoms with van der Waals surface area (Å²) in [6, 6.07) is 6.03. The lowest BCUT2D eigenvalue weighted by molar-refractivity contribution is -0.138. The van der Waals surface area contributed by atoms with Crippen LogP contribution < -0.4 is 16.0 Å². The van der Waals surface area contributed by atoms with E-state index >= 15 is 0 Å². The van der Waals surface area contributed by atoms with Crippen LogP contribution in [0.3, 0.4) is 0 Å². The van der Waals surface area contributed by atoms with Crippen LogP contribution in [-0.2, 0) is 14.4 Å². The van der Waals surface area contributed by atoms with Crippen molar-refractivity contribution < 1.29 is 19.5 Å². The third-order valence-corrected chi connectivity index (χ3v) is 3.08. The third kappa shape index (κ3) is 2.77. The quantitative estimate of drug-likeness (QED) is 0.650. The molecule has 1 aromatic carbocycles. The van der Waals surface area contributed by atoms with E-state index in [1.165, 1.54) is 4.90 Å². The second kappa shape index (κ2) is 5.70. The van der Waals surface area contributed by atoms with Crippen LogP contribution in [0.25, 0.3) is 0 Å². The van der Waals surface area contributed by atoms with E-state index in [0.717, 1.165) is 0 Å². The second-order valence-corrected chi connectivity index (χ2v) is 4.48. The van der Waals surface area contributed by atoms with Crippen molar-refractivity contribution in [2.45, 2.75) is 12.5 Å². The average molecular weight is 277 g/mol. The highest BCUT2D eigenvalue weighted by molar-refractivity contribution is 6.41. The second-order valence-electron chi connectivity index (χ2n) is 4.48. The number of nitrogens with two attached hydrogens (primary N) is 1. The van der Waals surface area contributed by atoms with Gasteiger partial charge in [-0.15, -0.1) is 0 Å². The minimum absolute atomic E-state index is 0.245. The van der Waals surface area contributed by atoms with Gasteiger partial charge >= 0.3 is 17.8 Å². The maximum atomic E-state index is 11.9. The van der Waals surface area contributed by atoms with E-state index in [2.05, 4.69) is 5.32 Å². The molecule has 1 aliphatic heterocycles. The largest absolute Gasteiger partial charge is 0.481 e. The Morgan fingerprint density at radius 1 is 1.40 bits per heavy atom. The van der Waals surface area contributed by atoms with Gasteiger partial charge in [-0.05, 0) is 11.6 Å². The maximum absolute atomic E-state index is 11.9. The zero-order valence-electron chi connectivity index (χ0n) is 10.7. The Hall–Kier alpha value is -2.41. The molecule has 0 spiro atoms. The molecule has 7 heteroatoms. The molecule has 20 heavy (non-hydrogen) atoms. The first-order valence-corrected chi connectivity index (χ1v) is 6.16. The smallest absolute Gasteiger partial charge is 0.316 e. The Balaban J connectivity index is 2.34. The van der Waals surface area contributed by atoms with Crippen molar-refractivity contribution in [1.82, 2.24) is 5.32 Å². The predicted molar refractivity (Wildman–Crippen MR) is 71.0 cm³/mol. The van der Waals surface area contributed by atoms with Crippen molar-refractivity contribution in [2.24, 2.45) is 5.73 Å². The summed E-state index contributed by atoms with van der Waals surface area (Å²) in [5.41, 5.74) is 6.89. The molecule has 2 rings (SSSR count). The number of carboxylic acids is 1. The van der Waals surface area contributed by atoms with Crippen LogP contribution in [0.4, 0.5) is 5.69 Å². The lowest BCUT2D eigenvalue weighted by Gasteiger charge is -2.29. The summed E-state index contributed by atoms with van der Waals surface area (Å²) in [6.07, 6.45) is -0.245. The first kappa shape index (κ1) is 14.0. The number of amides is 2. The van der Waals surface area contributed by atoms with Crippen LogP contribution in [0.5, 0.6) is 0 Å². The van der Waals surface area contributed by atoms with Crippen molar-refractivity contribution >= 4 is 23.5 Å². The van der Waals surface area contributed by atoms with Gasteiger partial charge in [0.05, 0.1) is 6.42 Å². The van der Waals surface area contributed by atoms with Crippen molar-refractivity contribution in [3.8, 4) is 0 Å². The Kier molecular flexibility index (Phi) is 3.99. The van der Waals surface area contributed by atoms with Gasteiger partial charge in [0, 0.05) is 24.8 Å². The number of hydrogen-bond donors (Lipinski definition) is 3. The zero-order valence-corrected chi connectivity index (χ0v) is 10.7. The zero-order chi connectivity index (χ0) is 14.7. The van der Waals surface area contributed by atoms with E-state index in [9.17, 15) is 14.4 Å². The SMILES string of the molecule is NC(CC(=O)O)c1ccccc1N1CCNC(=O)C1=O. The van der Waals surface area contributed by atoms with Crippen molar-refractivity contribution in [3.05, 3.63) is 29.8 Å². The highest BCUT2D eigenvalue weighted by Gasteiger charge is 2.29. The van der Waals surface area contributed by atoms with Gasteiger partial charge in [0.15, 0.2) is 0 Å². The number of hydrogen-bond acceptors (Lipinski definition) is 4. The summed E-state index contributed by atoms with van der Waals surface area (Å²) < 4.78 is 0. The molecule has 0 saturated carbocycles. The van der Waals surface area contributed by atoms with Crippen molar-refractivity contribution in [2.75, 3.05) is 18.0 Å². The van der Waals surface area contributed by atoms with Gasteiger partial charge in [-0.25, -0.2) is 0 Å². The lowest BCUT2D eigenvalue weighted by atomic mass is 10.0. The minimum Gasteiger partial charge on any atom is -0.481 e. The Morgan fingerprint density at radius 2 is 2.10 bits per heavy atom. The number of carboxylic acid groups (broad SMARTS) is 1. The molecule has 1 saturated heterocycles. The van der Waals surface area contributed by atoms with Crippen LogP contribution in [0.15, 0.2) is 24.3 Å². The molecule has 0 aromatic heterocycles. The monoisotopic (exact) mass is 277 g/mol. The van der Waals surface area contributed by atoms with E-state index in [0.29, 0.717) is 24.3 Å². The fourth-order valence-electron chi connectivity index (χ4n) is 2.16. The minimum atomic E-state index is -1.02. The Bertz CT molecular complexity index is 558. The molecule has 0 aliphatic carbocycles. The molecule has 106 valence electrons. The molecule has 1 heterocycles. The predicted octanol–water partition coefficient (Wildman–Crippen LogP) is -0.376. The topological polar surface area (TPSA) is 113 Å². The summed E-state index contributed by atoms with van der Waals surface area (Å²) >= 11 is 0. The molecule has 4 N–H and O–H groups in total. The molecular formula is C13H15N3O4. The summed E-state index contributed by atoms with van der Waals surface area (Å²) in [7, 11) is 0. The average Bonchev–Trinajstić information content (AvgIpc) is 2.41. The number of piperazine rings is 1. The van der Waals surface area contributed by atoms with Crippen LogP contribution in [-0.4, -0.2) is 36.0 Å². The number of carbonyl (C=O) groups is 3. The van der Waals surface area contributed by atoms with E-state index in [1.54, 1.807) is 24.3 Å². The van der Waals surface area contributed by atoms with E-state index in [4.69, 9.17) is 10.8 Å². The molecular weight excluding hydrogens is 262 g/mol. The van der Waals surface area contributed by atoms with Crippen LogP contribution >= 0.6 is 0 Å². The van der Waals surface area contributed by atoms with Crippen molar-refractivity contribution in [1.29, 1.82) is 0 Å². The van der Waals surface area contributed by atoms with Gasteiger partial charge in [0.1, 0.15) is 0 Å². The molecule has 7 nitrogen and oxygen atoms in total. The summed E-state index contributed by atoms with van der Waals surface area (Å²) in [6.45, 7) is 0.689. The van der Waals surface area contributed by atoms with Crippen LogP contribution in [0.2, 0.25) is 0 Å². The van der Waals surface area contributed by atoms with Gasteiger partial charge in [-0.3, -0.25) is 14.4 Å². The van der Waals surface area contributed by atoms with Gasteiger partial charge in [-0.1, -0.05) is 18.2 Å². The third-order valence-electron chi connectivity index (χ3n) is 3.08. The highest BCUT2D eigenvalue weighted by Crippen LogP contribution is 2.27. The number of carbonyl (C=O) groups excluding carboxylic acids is 2. The molecule has 1 fully saturated rings. The Labute approximate surface area is 115 Å². The van der Waals surface area contributed by atoms with E-state index < -0.39 is 23.8 Å². The van der Waals surface area contributed by atoms with E-state index in [1.807, 2.05) is 0 Å². The van der Waals surface area contributed by atoms with Gasteiger partial charge in [0.25, 0.3) is 0 Å². The molecule has 1 aliphatic rings. The fourth-order valence-corrected chi connectivity index (χ4v) is 2.16. The van der Waals surface area contributed by atoms with Gasteiger partial charge < -0.3 is 21.1 Å². The van der Waals surface area contributed by atoms with E-state index in [-0.39, 0.29) is 6.42 Å². The number of rotatable bonds is 4. The fraction of sp³-hybridized carbons (Fsp3) is 0.308. The normalized spacial score (nSPS) is 16.8. The van der Waals surface area contributed by atoms with Crippen molar-refractivity contribution in [3.63, 3.8) is 0 Å². The molecule has 1 unspecified atom stereocenters. The maximum Gasteiger partial charge on any atom is 0.316 e. The molecule has 2 amide bonds. The number of para-hydroxylation sites is 1. The molecule has 1 aromatic rings. The summed E-state index contributed by atoms with van der Waals surface area (Å²) in [4.78, 5) is 35.4. The number of benzene rings is 1. The lowest BCUT2D eigenvalue weighted by Crippen LogP contribution is -2.52. The molecule has 1 atom stereocenters. The number of aliphatic carboxylic acids is 1. The summed E-state index contributed by atoms with van der Waals surface area (Å²) in [5.74, 6) is -2.35. The van der Waals surface area contributed by atoms with Crippen LogP contribution in [0, 0.1) is 0 Å². The Morgan fingerprint density at radius 3 is 2.80 bits per heavy atom. The number of nitrogens with zero attached hydrogens (tertiary/aromatic N) is 1. The first-order valence-electron chi connectivity index (χ1n) is 6.16. The molecule has 0 bridgehead atoms. The summed E-state index contributed by atoms with van der Waals surface area (Å²) in [5, 5.41) is 11.3. The molecule has 0 radical (unpaired) electrons. The number of nitrogens with one attached hydrogen (secondary N) is 1. The first-order chi connectivity index (χ1) is 9.50. The van der Waals surface area contributed by atoms with Gasteiger partial charge in [-0.2, -0.15) is 0 Å². The van der Waals surface area contributed by atoms with Gasteiger partial charge in [0.2, 0.25) is 0 Å². The highest BCUT2D eigenvalue weighted by atomic mass is 16.4.